The lowest BCUT2D eigenvalue weighted by Crippen LogP contribution is -2.29. The van der Waals surface area contributed by atoms with Crippen LogP contribution in [0.5, 0.6) is 0 Å². The summed E-state index contributed by atoms with van der Waals surface area (Å²) in [5.41, 5.74) is 0. The summed E-state index contributed by atoms with van der Waals surface area (Å²) in [6.45, 7) is 3.46. The Balaban J connectivity index is 2.56. The van der Waals surface area contributed by atoms with Crippen LogP contribution in [0.3, 0.4) is 0 Å². The predicted molar refractivity (Wildman–Crippen MR) is 58.7 cm³/mol. The van der Waals surface area contributed by atoms with Crippen LogP contribution >= 0.6 is 0 Å². The van der Waals surface area contributed by atoms with Gasteiger partial charge in [-0.15, -0.1) is 0 Å². The lowest BCUT2D eigenvalue weighted by molar-refractivity contribution is -0.150. The van der Waals surface area contributed by atoms with Crippen LogP contribution in [0.15, 0.2) is 24.4 Å². The molecule has 5 nitrogen and oxygen atoms in total. The van der Waals surface area contributed by atoms with E-state index in [-0.39, 0.29) is 6.61 Å². The third kappa shape index (κ3) is 3.34. The number of carbonyl (C=O) groups is 2. The van der Waals surface area contributed by atoms with Crippen molar-refractivity contribution in [3.8, 4) is 0 Å². The first-order valence-corrected chi connectivity index (χ1v) is 5.03. The Morgan fingerprint density at radius 1 is 1.50 bits per heavy atom. The van der Waals surface area contributed by atoms with Gasteiger partial charge in [-0.3, -0.25) is 9.59 Å². The van der Waals surface area contributed by atoms with Gasteiger partial charge in [-0.05, 0) is 26.0 Å². The van der Waals surface area contributed by atoms with Crippen LogP contribution in [0.25, 0.3) is 0 Å². The van der Waals surface area contributed by atoms with Gasteiger partial charge in [-0.1, -0.05) is 6.07 Å². The fourth-order valence-electron chi connectivity index (χ4n) is 1.05. The van der Waals surface area contributed by atoms with Gasteiger partial charge < -0.3 is 10.1 Å². The quantitative estimate of drug-likeness (QED) is 0.614. The van der Waals surface area contributed by atoms with Crippen LogP contribution in [0.4, 0.5) is 5.82 Å². The fourth-order valence-corrected chi connectivity index (χ4v) is 1.05. The SMILES string of the molecule is CCOC(=O)C(C)C(=O)Nc1ccccn1. The van der Waals surface area contributed by atoms with E-state index in [4.69, 9.17) is 4.74 Å². The van der Waals surface area contributed by atoms with Gasteiger partial charge in [-0.25, -0.2) is 4.98 Å². The van der Waals surface area contributed by atoms with Crippen molar-refractivity contribution >= 4 is 17.7 Å². The first-order valence-electron chi connectivity index (χ1n) is 5.03. The topological polar surface area (TPSA) is 68.3 Å². The number of rotatable bonds is 4. The molecule has 0 aromatic carbocycles. The highest BCUT2D eigenvalue weighted by molar-refractivity contribution is 6.03. The van der Waals surface area contributed by atoms with E-state index in [1.165, 1.54) is 6.92 Å². The van der Waals surface area contributed by atoms with Crippen molar-refractivity contribution in [3.05, 3.63) is 24.4 Å². The molecule has 0 saturated carbocycles. The molecular formula is C11H14N2O3. The molecule has 1 rings (SSSR count). The van der Waals surface area contributed by atoms with Gasteiger partial charge in [0.25, 0.3) is 0 Å². The van der Waals surface area contributed by atoms with Crippen LogP contribution in [0.1, 0.15) is 13.8 Å². The summed E-state index contributed by atoms with van der Waals surface area (Å²) in [5.74, 6) is -1.36. The lowest BCUT2D eigenvalue weighted by atomic mass is 10.1. The van der Waals surface area contributed by atoms with Gasteiger partial charge >= 0.3 is 5.97 Å². The molecule has 0 aliphatic rings. The highest BCUT2D eigenvalue weighted by Gasteiger charge is 2.22. The molecule has 1 amide bonds. The molecule has 5 heteroatoms. The summed E-state index contributed by atoms with van der Waals surface area (Å²) >= 11 is 0. The van der Waals surface area contributed by atoms with Crippen molar-refractivity contribution in [2.45, 2.75) is 13.8 Å². The average Bonchev–Trinajstić information content (AvgIpc) is 2.29. The molecule has 0 aliphatic heterocycles. The van der Waals surface area contributed by atoms with E-state index >= 15 is 0 Å². The number of ether oxygens (including phenoxy) is 1. The molecule has 0 radical (unpaired) electrons. The van der Waals surface area contributed by atoms with E-state index in [0.29, 0.717) is 5.82 Å². The summed E-state index contributed by atoms with van der Waals surface area (Å²) in [4.78, 5) is 26.8. The number of amides is 1. The predicted octanol–water partition coefficient (Wildman–Crippen LogP) is 1.22. The zero-order valence-electron chi connectivity index (χ0n) is 9.27. The maximum atomic E-state index is 11.6. The number of hydrogen-bond acceptors (Lipinski definition) is 4. The van der Waals surface area contributed by atoms with Crippen LogP contribution in [-0.2, 0) is 14.3 Å². The molecule has 1 heterocycles. The van der Waals surface area contributed by atoms with Crippen molar-refractivity contribution in [1.29, 1.82) is 0 Å². The Bertz CT molecular complexity index is 365. The fraction of sp³-hybridized carbons (Fsp3) is 0.364. The first-order chi connectivity index (χ1) is 7.65. The van der Waals surface area contributed by atoms with Crippen molar-refractivity contribution in [3.63, 3.8) is 0 Å². The van der Waals surface area contributed by atoms with Gasteiger partial charge in [0.1, 0.15) is 11.7 Å². The molecule has 0 fully saturated rings. The second-order valence-electron chi connectivity index (χ2n) is 3.18. The highest BCUT2D eigenvalue weighted by atomic mass is 16.5. The number of nitrogens with zero attached hydrogens (tertiary/aromatic N) is 1. The van der Waals surface area contributed by atoms with Gasteiger partial charge in [0.15, 0.2) is 0 Å². The molecule has 86 valence electrons. The molecule has 0 saturated heterocycles. The number of anilines is 1. The smallest absolute Gasteiger partial charge is 0.318 e. The molecule has 0 bridgehead atoms. The Morgan fingerprint density at radius 3 is 2.81 bits per heavy atom. The number of hydrogen-bond donors (Lipinski definition) is 1. The molecule has 0 spiro atoms. The summed E-state index contributed by atoms with van der Waals surface area (Å²) in [5, 5.41) is 2.53. The largest absolute Gasteiger partial charge is 0.465 e. The Morgan fingerprint density at radius 2 is 2.25 bits per heavy atom. The van der Waals surface area contributed by atoms with Crippen LogP contribution in [0.2, 0.25) is 0 Å². The van der Waals surface area contributed by atoms with Crippen LogP contribution in [0, 0.1) is 5.92 Å². The monoisotopic (exact) mass is 222 g/mol. The first kappa shape index (κ1) is 12.2. The Kier molecular flexibility index (Phi) is 4.44. The zero-order chi connectivity index (χ0) is 12.0. The third-order valence-corrected chi connectivity index (χ3v) is 1.95. The summed E-state index contributed by atoms with van der Waals surface area (Å²) < 4.78 is 4.74. The van der Waals surface area contributed by atoms with E-state index in [2.05, 4.69) is 10.3 Å². The second-order valence-corrected chi connectivity index (χ2v) is 3.18. The minimum Gasteiger partial charge on any atom is -0.465 e. The summed E-state index contributed by atoms with van der Waals surface area (Å²) in [6, 6.07) is 5.14. The average molecular weight is 222 g/mol. The van der Waals surface area contributed by atoms with Crippen molar-refractivity contribution in [1.82, 2.24) is 4.98 Å². The van der Waals surface area contributed by atoms with Crippen molar-refractivity contribution in [2.24, 2.45) is 5.92 Å². The summed E-state index contributed by atoms with van der Waals surface area (Å²) in [6.07, 6.45) is 1.56. The highest BCUT2D eigenvalue weighted by Crippen LogP contribution is 2.05. The molecule has 0 aliphatic carbocycles. The number of pyridine rings is 1. The number of esters is 1. The maximum absolute atomic E-state index is 11.6. The third-order valence-electron chi connectivity index (χ3n) is 1.95. The van der Waals surface area contributed by atoms with E-state index in [0.717, 1.165) is 0 Å². The maximum Gasteiger partial charge on any atom is 0.318 e. The summed E-state index contributed by atoms with van der Waals surface area (Å²) in [7, 11) is 0. The lowest BCUT2D eigenvalue weighted by Gasteiger charge is -2.10. The molecule has 1 aromatic heterocycles. The molecule has 16 heavy (non-hydrogen) atoms. The second kappa shape index (κ2) is 5.85. The van der Waals surface area contributed by atoms with Gasteiger partial charge in [0.05, 0.1) is 6.61 Å². The van der Waals surface area contributed by atoms with E-state index in [1.807, 2.05) is 0 Å². The molecule has 1 aromatic rings. The number of nitrogens with one attached hydrogen (secondary N) is 1. The molecule has 1 unspecified atom stereocenters. The Labute approximate surface area is 93.8 Å². The van der Waals surface area contributed by atoms with E-state index < -0.39 is 17.8 Å². The minimum absolute atomic E-state index is 0.264. The zero-order valence-corrected chi connectivity index (χ0v) is 9.27. The van der Waals surface area contributed by atoms with Crippen molar-refractivity contribution < 1.29 is 14.3 Å². The number of carbonyl (C=O) groups excluding carboxylic acids is 2. The molecular weight excluding hydrogens is 208 g/mol. The molecule has 1 N–H and O–H groups in total. The van der Waals surface area contributed by atoms with Crippen LogP contribution < -0.4 is 5.32 Å². The minimum atomic E-state index is -0.832. The normalized spacial score (nSPS) is 11.6. The number of aromatic nitrogens is 1. The van der Waals surface area contributed by atoms with Gasteiger partial charge in [-0.2, -0.15) is 0 Å². The Hall–Kier alpha value is -1.91. The van der Waals surface area contributed by atoms with E-state index in [9.17, 15) is 9.59 Å². The van der Waals surface area contributed by atoms with Gasteiger partial charge in [0.2, 0.25) is 5.91 Å². The van der Waals surface area contributed by atoms with Crippen molar-refractivity contribution in [2.75, 3.05) is 11.9 Å². The van der Waals surface area contributed by atoms with Crippen LogP contribution in [-0.4, -0.2) is 23.5 Å². The standard InChI is InChI=1S/C11H14N2O3/c1-3-16-11(15)8(2)10(14)13-9-6-4-5-7-12-9/h4-8H,3H2,1-2H3,(H,12,13,14). The van der Waals surface area contributed by atoms with Gasteiger partial charge in [0, 0.05) is 6.20 Å². The molecule has 1 atom stereocenters. The van der Waals surface area contributed by atoms with E-state index in [1.54, 1.807) is 31.3 Å².